The lowest BCUT2D eigenvalue weighted by Gasteiger charge is -2.07. The SMILES string of the molecule is CC(C)Oc1ccc(N)cn1.CC(C)Oc1ccc(S(=O)(=O)Cl)cn1.CC(C)Oc1ccc([N+](=O)[O-])cn1.O=[N+]([O-])c1ccc(Cl)nc1. The quantitative estimate of drug-likeness (QED) is 0.0822. The number of ether oxygens (including phenoxy) is 3. The van der Waals surface area contributed by atoms with Crippen molar-refractivity contribution in [3.05, 3.63) is 98.7 Å². The highest BCUT2D eigenvalue weighted by Gasteiger charge is 2.10. The van der Waals surface area contributed by atoms with Gasteiger partial charge in [0, 0.05) is 41.0 Å². The lowest BCUT2D eigenvalue weighted by Crippen LogP contribution is -2.06. The number of anilines is 1. The molecule has 0 bridgehead atoms. The van der Waals surface area contributed by atoms with E-state index in [1.165, 1.54) is 48.8 Å². The first-order chi connectivity index (χ1) is 22.4. The van der Waals surface area contributed by atoms with Crippen LogP contribution in [0.1, 0.15) is 41.5 Å². The lowest BCUT2D eigenvalue weighted by atomic mass is 10.4. The molecule has 0 radical (unpaired) electrons. The van der Waals surface area contributed by atoms with Gasteiger partial charge in [-0.25, -0.2) is 28.4 Å². The predicted octanol–water partition coefficient (Wildman–Crippen LogP) is 6.67. The molecule has 0 aliphatic rings. The van der Waals surface area contributed by atoms with Gasteiger partial charge >= 0.3 is 0 Å². The maximum absolute atomic E-state index is 10.9. The van der Waals surface area contributed by atoms with Gasteiger partial charge in [0.15, 0.2) is 0 Å². The number of halogens is 2. The molecule has 16 nitrogen and oxygen atoms in total. The number of hydrogen-bond acceptors (Lipinski definition) is 14. The van der Waals surface area contributed by atoms with Gasteiger partial charge in [-0.2, -0.15) is 0 Å². The summed E-state index contributed by atoms with van der Waals surface area (Å²) in [6.07, 6.45) is 5.22. The van der Waals surface area contributed by atoms with Gasteiger partial charge in [-0.15, -0.1) is 0 Å². The number of rotatable bonds is 9. The molecular weight excluding hydrogens is 693 g/mol. The summed E-state index contributed by atoms with van der Waals surface area (Å²) in [6.45, 7) is 11.4. The maximum Gasteiger partial charge on any atom is 0.287 e. The van der Waals surface area contributed by atoms with Crippen molar-refractivity contribution in [2.75, 3.05) is 5.73 Å². The minimum Gasteiger partial charge on any atom is -0.475 e. The number of nitrogens with zero attached hydrogens (tertiary/aromatic N) is 6. The third-order valence-electron chi connectivity index (χ3n) is 4.67. The number of nitro groups is 2. The van der Waals surface area contributed by atoms with Crippen LogP contribution in [0.4, 0.5) is 17.1 Å². The van der Waals surface area contributed by atoms with Crippen molar-refractivity contribution in [3.63, 3.8) is 0 Å². The Balaban J connectivity index is 0.000000322. The van der Waals surface area contributed by atoms with E-state index in [4.69, 9.17) is 42.2 Å². The van der Waals surface area contributed by atoms with E-state index in [9.17, 15) is 28.6 Å². The van der Waals surface area contributed by atoms with Crippen LogP contribution in [-0.2, 0) is 9.05 Å². The number of pyridine rings is 4. The predicted molar refractivity (Wildman–Crippen MR) is 180 cm³/mol. The van der Waals surface area contributed by atoms with Gasteiger partial charge in [0.1, 0.15) is 22.4 Å². The Labute approximate surface area is 287 Å². The van der Waals surface area contributed by atoms with Crippen molar-refractivity contribution < 1.29 is 32.5 Å². The minimum absolute atomic E-state index is 0.000888. The summed E-state index contributed by atoms with van der Waals surface area (Å²) < 4.78 is 37.5. The molecule has 2 N–H and O–H groups in total. The molecule has 0 unspecified atom stereocenters. The smallest absolute Gasteiger partial charge is 0.287 e. The highest BCUT2D eigenvalue weighted by molar-refractivity contribution is 8.13. The molecule has 0 aromatic carbocycles. The van der Waals surface area contributed by atoms with Gasteiger partial charge in [-0.1, -0.05) is 11.6 Å². The zero-order valence-corrected chi connectivity index (χ0v) is 29.1. The Morgan fingerprint density at radius 2 is 1.04 bits per heavy atom. The normalized spacial score (nSPS) is 10.4. The Bertz CT molecular complexity index is 1660. The lowest BCUT2D eigenvalue weighted by molar-refractivity contribution is -0.385. The van der Waals surface area contributed by atoms with Gasteiger partial charge < -0.3 is 19.9 Å². The molecule has 4 aromatic rings. The third-order valence-corrected chi connectivity index (χ3v) is 6.24. The van der Waals surface area contributed by atoms with Gasteiger partial charge in [-0.3, -0.25) is 20.2 Å². The molecule has 0 amide bonds. The summed E-state index contributed by atoms with van der Waals surface area (Å²) in [7, 11) is 1.41. The molecular formula is C29H35Cl2N7O9S. The second-order valence-electron chi connectivity index (χ2n) is 9.91. The highest BCUT2D eigenvalue weighted by atomic mass is 35.7. The third kappa shape index (κ3) is 17.7. The van der Waals surface area contributed by atoms with Crippen molar-refractivity contribution in [2.45, 2.75) is 64.7 Å². The number of aromatic nitrogens is 4. The summed E-state index contributed by atoms with van der Waals surface area (Å²) >= 11 is 5.38. The topological polar surface area (TPSA) is 226 Å². The highest BCUT2D eigenvalue weighted by Crippen LogP contribution is 2.17. The Morgan fingerprint density at radius 1 is 0.646 bits per heavy atom. The summed E-state index contributed by atoms with van der Waals surface area (Å²) in [5.74, 6) is 1.40. The molecule has 260 valence electrons. The fourth-order valence-electron chi connectivity index (χ4n) is 2.79. The molecule has 4 heterocycles. The number of nitrogens with two attached hydrogens (primary N) is 1. The van der Waals surface area contributed by atoms with Gasteiger partial charge in [-0.05, 0) is 59.7 Å². The summed E-state index contributed by atoms with van der Waals surface area (Å²) in [6, 6.07) is 11.9. The van der Waals surface area contributed by atoms with Crippen LogP contribution < -0.4 is 19.9 Å². The standard InChI is InChI=1S/C8H10ClNO3S.C8H10N2O3.C8H12N2O.C5H3ClN2O2/c1-6(2)13-8-4-3-7(5-10-8)14(9,11)12;1-6(2)13-8-4-3-7(5-9-8)10(11)12;1-6(2)11-8-4-3-7(9)5-10-8;6-5-2-1-4(3-7-5)8(9)10/h3-6H,1-2H3;3-6H,1-2H3;3-6H,9H2,1-2H3;1-3H. The van der Waals surface area contributed by atoms with Crippen LogP contribution in [0.15, 0.2) is 78.2 Å². The monoisotopic (exact) mass is 727 g/mol. The molecule has 0 saturated heterocycles. The average Bonchev–Trinajstić information content (AvgIpc) is 2.99. The van der Waals surface area contributed by atoms with Crippen LogP contribution in [0.3, 0.4) is 0 Å². The molecule has 0 aliphatic carbocycles. The minimum atomic E-state index is -3.69. The molecule has 0 aliphatic heterocycles. The van der Waals surface area contributed by atoms with Gasteiger partial charge in [0.25, 0.3) is 20.4 Å². The van der Waals surface area contributed by atoms with E-state index >= 15 is 0 Å². The zero-order chi connectivity index (χ0) is 36.4. The van der Waals surface area contributed by atoms with Crippen LogP contribution in [0.2, 0.25) is 5.15 Å². The Hall–Kier alpha value is -4.87. The van der Waals surface area contributed by atoms with Gasteiger partial charge in [0.05, 0.1) is 46.2 Å². The largest absolute Gasteiger partial charge is 0.475 e. The molecule has 48 heavy (non-hydrogen) atoms. The Morgan fingerprint density at radius 3 is 1.33 bits per heavy atom. The van der Waals surface area contributed by atoms with Crippen LogP contribution in [0, 0.1) is 20.2 Å². The first-order valence-electron chi connectivity index (χ1n) is 13.9. The molecule has 0 fully saturated rings. The van der Waals surface area contributed by atoms with Crippen molar-refractivity contribution in [1.29, 1.82) is 0 Å². The van der Waals surface area contributed by atoms with E-state index in [0.717, 1.165) is 6.20 Å². The second-order valence-corrected chi connectivity index (χ2v) is 12.9. The van der Waals surface area contributed by atoms with Crippen molar-refractivity contribution in [2.24, 2.45) is 0 Å². The number of hydrogen-bond donors (Lipinski definition) is 1. The van der Waals surface area contributed by atoms with Crippen LogP contribution in [-0.4, -0.2) is 56.5 Å². The van der Waals surface area contributed by atoms with Crippen molar-refractivity contribution in [3.8, 4) is 17.6 Å². The average molecular weight is 729 g/mol. The van der Waals surface area contributed by atoms with E-state index in [1.807, 2.05) is 41.5 Å². The first kappa shape index (κ1) is 41.2. The van der Waals surface area contributed by atoms with Crippen molar-refractivity contribution >= 4 is 48.4 Å². The van der Waals surface area contributed by atoms with Crippen LogP contribution >= 0.6 is 22.3 Å². The second kappa shape index (κ2) is 20.4. The van der Waals surface area contributed by atoms with Crippen LogP contribution in [0.5, 0.6) is 17.6 Å². The van der Waals surface area contributed by atoms with E-state index < -0.39 is 18.9 Å². The number of nitrogen functional groups attached to an aromatic ring is 1. The van der Waals surface area contributed by atoms with Crippen LogP contribution in [0.25, 0.3) is 0 Å². The molecule has 0 saturated carbocycles. The first-order valence-corrected chi connectivity index (χ1v) is 16.5. The summed E-state index contributed by atoms with van der Waals surface area (Å²) in [4.78, 5) is 34.3. The maximum atomic E-state index is 10.9. The van der Waals surface area contributed by atoms with E-state index in [1.54, 1.807) is 18.3 Å². The molecule has 0 spiro atoms. The molecule has 19 heteroatoms. The van der Waals surface area contributed by atoms with E-state index in [-0.39, 0.29) is 39.7 Å². The summed E-state index contributed by atoms with van der Waals surface area (Å²) in [5.41, 5.74) is 6.01. The summed E-state index contributed by atoms with van der Waals surface area (Å²) in [5, 5.41) is 20.5. The van der Waals surface area contributed by atoms with Crippen molar-refractivity contribution in [1.82, 2.24) is 19.9 Å². The Kier molecular flexibility index (Phi) is 17.5. The van der Waals surface area contributed by atoms with E-state index in [0.29, 0.717) is 23.3 Å². The fraction of sp³-hybridized carbons (Fsp3) is 0.310. The molecule has 4 rings (SSSR count). The van der Waals surface area contributed by atoms with E-state index in [2.05, 4.69) is 19.9 Å². The zero-order valence-electron chi connectivity index (χ0n) is 26.8. The molecule has 0 atom stereocenters. The molecule has 4 aromatic heterocycles. The van der Waals surface area contributed by atoms with Gasteiger partial charge in [0.2, 0.25) is 17.6 Å². The fourth-order valence-corrected chi connectivity index (χ4v) is 3.59.